The van der Waals surface area contributed by atoms with Gasteiger partial charge in [0.15, 0.2) is 5.03 Å². The van der Waals surface area contributed by atoms with Gasteiger partial charge in [0.2, 0.25) is 0 Å². The van der Waals surface area contributed by atoms with E-state index in [1.807, 2.05) is 6.92 Å². The lowest BCUT2D eigenvalue weighted by Gasteiger charge is -2.46. The lowest BCUT2D eigenvalue weighted by atomic mass is 9.76. The van der Waals surface area contributed by atoms with Crippen LogP contribution in [0.2, 0.25) is 0 Å². The number of hydrogen-bond donors (Lipinski definition) is 2. The number of nitrogens with one attached hydrogen (secondary N) is 1. The summed E-state index contributed by atoms with van der Waals surface area (Å²) < 4.78 is 27.5. The van der Waals surface area contributed by atoms with Crippen LogP contribution in [-0.2, 0) is 10.0 Å². The molecule has 0 aliphatic heterocycles. The minimum atomic E-state index is -3.58. The molecule has 0 saturated heterocycles. The number of nitrogens with zero attached hydrogens (tertiary/aromatic N) is 2. The van der Waals surface area contributed by atoms with E-state index in [0.717, 1.165) is 32.1 Å². The van der Waals surface area contributed by atoms with Crippen LogP contribution in [-0.4, -0.2) is 41.3 Å². The predicted molar refractivity (Wildman–Crippen MR) is 82.2 cm³/mol. The molecule has 120 valence electrons. The molecule has 1 aromatic heterocycles. The minimum absolute atomic E-state index is 0.155. The van der Waals surface area contributed by atoms with Crippen LogP contribution >= 0.6 is 0 Å². The third-order valence-electron chi connectivity index (χ3n) is 4.44. The predicted octanol–water partition coefficient (Wildman–Crippen LogP) is 1.72. The Labute approximate surface area is 127 Å². The topological polar surface area (TPSA) is 92.1 Å². The molecule has 6 nitrogen and oxygen atoms in total. The van der Waals surface area contributed by atoms with Crippen LogP contribution < -0.4 is 5.73 Å². The van der Waals surface area contributed by atoms with Crippen LogP contribution in [0.25, 0.3) is 0 Å². The first-order valence-corrected chi connectivity index (χ1v) is 9.11. The summed E-state index contributed by atoms with van der Waals surface area (Å²) in [4.78, 5) is 6.57. The zero-order valence-electron chi connectivity index (χ0n) is 12.9. The molecule has 0 spiro atoms. The van der Waals surface area contributed by atoms with E-state index in [2.05, 4.69) is 16.9 Å². The van der Waals surface area contributed by atoms with E-state index >= 15 is 0 Å². The SMILES string of the molecule is CCCN(C1(CN)CCCC(C)C1)S(=O)(=O)c1cnc[nH]1. The standard InChI is InChI=1S/C14H26N4O2S/c1-3-7-18(21(19,20)13-9-16-11-17-13)14(10-15)6-4-5-12(2)8-14/h9,11-12H,3-8,10,15H2,1-2H3,(H,16,17). The number of hydrogen-bond acceptors (Lipinski definition) is 4. The first-order chi connectivity index (χ1) is 9.96. The van der Waals surface area contributed by atoms with Gasteiger partial charge in [0.05, 0.1) is 12.5 Å². The highest BCUT2D eigenvalue weighted by molar-refractivity contribution is 7.89. The van der Waals surface area contributed by atoms with Gasteiger partial charge >= 0.3 is 0 Å². The Morgan fingerprint density at radius 2 is 2.33 bits per heavy atom. The normalized spacial score (nSPS) is 27.1. The highest BCUT2D eigenvalue weighted by Gasteiger charge is 2.45. The van der Waals surface area contributed by atoms with Crippen molar-refractivity contribution in [2.75, 3.05) is 13.1 Å². The van der Waals surface area contributed by atoms with Crippen molar-refractivity contribution in [2.45, 2.75) is 56.5 Å². The Morgan fingerprint density at radius 1 is 1.57 bits per heavy atom. The van der Waals surface area contributed by atoms with E-state index in [-0.39, 0.29) is 5.03 Å². The van der Waals surface area contributed by atoms with Gasteiger partial charge in [0.25, 0.3) is 10.0 Å². The van der Waals surface area contributed by atoms with E-state index in [1.165, 1.54) is 12.5 Å². The largest absolute Gasteiger partial charge is 0.335 e. The van der Waals surface area contributed by atoms with Gasteiger partial charge in [-0.3, -0.25) is 0 Å². The molecular formula is C14H26N4O2S. The fourth-order valence-corrected chi connectivity index (χ4v) is 5.27. The number of H-pyrrole nitrogens is 1. The Kier molecular flexibility index (Phi) is 5.06. The van der Waals surface area contributed by atoms with E-state index in [4.69, 9.17) is 5.73 Å². The summed E-state index contributed by atoms with van der Waals surface area (Å²) in [6.45, 7) is 5.03. The van der Waals surface area contributed by atoms with Crippen molar-refractivity contribution >= 4 is 10.0 Å². The molecule has 2 rings (SSSR count). The average Bonchev–Trinajstić information content (AvgIpc) is 2.99. The molecule has 3 N–H and O–H groups in total. The minimum Gasteiger partial charge on any atom is -0.335 e. The molecular weight excluding hydrogens is 288 g/mol. The van der Waals surface area contributed by atoms with Gasteiger partial charge in [-0.25, -0.2) is 13.4 Å². The summed E-state index contributed by atoms with van der Waals surface area (Å²) in [5.74, 6) is 0.499. The second-order valence-electron chi connectivity index (χ2n) is 6.12. The summed E-state index contributed by atoms with van der Waals surface area (Å²) in [7, 11) is -3.58. The van der Waals surface area contributed by atoms with E-state index in [0.29, 0.717) is 19.0 Å². The maximum atomic E-state index is 13.0. The Balaban J connectivity index is 2.41. The number of aromatic nitrogens is 2. The maximum Gasteiger partial charge on any atom is 0.260 e. The fraction of sp³-hybridized carbons (Fsp3) is 0.786. The van der Waals surface area contributed by atoms with Crippen molar-refractivity contribution in [3.05, 3.63) is 12.5 Å². The maximum absolute atomic E-state index is 13.0. The zero-order valence-corrected chi connectivity index (χ0v) is 13.7. The van der Waals surface area contributed by atoms with Crippen molar-refractivity contribution in [1.82, 2.24) is 14.3 Å². The number of aromatic amines is 1. The van der Waals surface area contributed by atoms with Gasteiger partial charge in [0.1, 0.15) is 0 Å². The molecule has 1 fully saturated rings. The van der Waals surface area contributed by atoms with Crippen LogP contribution in [0.4, 0.5) is 0 Å². The van der Waals surface area contributed by atoms with Crippen molar-refractivity contribution in [1.29, 1.82) is 0 Å². The van der Waals surface area contributed by atoms with E-state index < -0.39 is 15.6 Å². The monoisotopic (exact) mass is 314 g/mol. The van der Waals surface area contributed by atoms with Crippen molar-refractivity contribution < 1.29 is 8.42 Å². The molecule has 1 saturated carbocycles. The number of nitrogens with two attached hydrogens (primary N) is 1. The highest BCUT2D eigenvalue weighted by atomic mass is 32.2. The van der Waals surface area contributed by atoms with Crippen LogP contribution in [0.5, 0.6) is 0 Å². The van der Waals surface area contributed by atoms with Gasteiger partial charge in [-0.2, -0.15) is 4.31 Å². The molecule has 1 heterocycles. The van der Waals surface area contributed by atoms with E-state index in [9.17, 15) is 8.42 Å². The molecule has 1 aliphatic carbocycles. The second-order valence-corrected chi connectivity index (χ2v) is 7.95. The van der Waals surface area contributed by atoms with E-state index in [1.54, 1.807) is 4.31 Å². The third kappa shape index (κ3) is 3.14. The highest BCUT2D eigenvalue weighted by Crippen LogP contribution is 2.39. The first-order valence-electron chi connectivity index (χ1n) is 7.67. The summed E-state index contributed by atoms with van der Waals surface area (Å²) in [5.41, 5.74) is 5.59. The van der Waals surface area contributed by atoms with Crippen LogP contribution in [0.3, 0.4) is 0 Å². The lowest BCUT2D eigenvalue weighted by Crippen LogP contribution is -2.58. The summed E-state index contributed by atoms with van der Waals surface area (Å²) in [6, 6.07) is 0. The molecule has 0 amide bonds. The quantitative estimate of drug-likeness (QED) is 0.836. The molecule has 0 aromatic carbocycles. The average molecular weight is 314 g/mol. The number of rotatable bonds is 6. The van der Waals surface area contributed by atoms with Gasteiger partial charge in [-0.15, -0.1) is 0 Å². The molecule has 0 bridgehead atoms. The molecule has 21 heavy (non-hydrogen) atoms. The summed E-state index contributed by atoms with van der Waals surface area (Å²) in [5, 5.41) is 0.155. The van der Waals surface area contributed by atoms with Gasteiger partial charge in [0, 0.05) is 18.6 Å². The molecule has 1 aliphatic rings. The third-order valence-corrected chi connectivity index (χ3v) is 6.37. The van der Waals surface area contributed by atoms with Gasteiger partial charge < -0.3 is 10.7 Å². The molecule has 0 radical (unpaired) electrons. The summed E-state index contributed by atoms with van der Waals surface area (Å²) >= 11 is 0. The Morgan fingerprint density at radius 3 is 2.86 bits per heavy atom. The second kappa shape index (κ2) is 6.46. The smallest absolute Gasteiger partial charge is 0.260 e. The fourth-order valence-electron chi connectivity index (χ4n) is 3.46. The molecule has 2 atom stereocenters. The lowest BCUT2D eigenvalue weighted by molar-refractivity contribution is 0.108. The van der Waals surface area contributed by atoms with Crippen LogP contribution in [0.1, 0.15) is 46.0 Å². The van der Waals surface area contributed by atoms with Crippen LogP contribution in [0.15, 0.2) is 17.6 Å². The van der Waals surface area contributed by atoms with Crippen molar-refractivity contribution in [2.24, 2.45) is 11.7 Å². The Hall–Kier alpha value is -0.920. The zero-order chi connectivity index (χ0) is 15.5. The Bertz CT molecular complexity index is 543. The molecule has 7 heteroatoms. The van der Waals surface area contributed by atoms with Crippen LogP contribution in [0, 0.1) is 5.92 Å². The number of sulfonamides is 1. The molecule has 1 aromatic rings. The van der Waals surface area contributed by atoms with Gasteiger partial charge in [-0.1, -0.05) is 26.7 Å². The summed E-state index contributed by atoms with van der Waals surface area (Å²) in [6.07, 6.45) is 7.37. The van der Waals surface area contributed by atoms with Crippen molar-refractivity contribution in [3.8, 4) is 0 Å². The van der Waals surface area contributed by atoms with Gasteiger partial charge in [-0.05, 0) is 25.2 Å². The first kappa shape index (κ1) is 16.5. The van der Waals surface area contributed by atoms with Crippen molar-refractivity contribution in [3.63, 3.8) is 0 Å². The number of imidazole rings is 1. The molecule has 2 unspecified atom stereocenters.